The summed E-state index contributed by atoms with van der Waals surface area (Å²) in [6.45, 7) is 3.93. The second-order valence-corrected chi connectivity index (χ2v) is 7.24. The van der Waals surface area contributed by atoms with Crippen LogP contribution in [0.4, 0.5) is 5.69 Å². The number of hydrogen-bond acceptors (Lipinski definition) is 3. The molecular weight excluding hydrogens is 366 g/mol. The molecule has 0 aromatic heterocycles. The number of rotatable bonds is 4. The summed E-state index contributed by atoms with van der Waals surface area (Å²) in [7, 11) is 0. The van der Waals surface area contributed by atoms with Gasteiger partial charge in [0.1, 0.15) is 0 Å². The van der Waals surface area contributed by atoms with Crippen molar-refractivity contribution >= 4 is 27.5 Å². The summed E-state index contributed by atoms with van der Waals surface area (Å²) >= 11 is 3.47. The first kappa shape index (κ1) is 17.1. The lowest BCUT2D eigenvalue weighted by atomic mass is 9.95. The fourth-order valence-electron chi connectivity index (χ4n) is 3.22. The first-order valence-electron chi connectivity index (χ1n) is 8.12. The summed E-state index contributed by atoms with van der Waals surface area (Å²) < 4.78 is 1.04. The summed E-state index contributed by atoms with van der Waals surface area (Å²) in [5.41, 5.74) is 9.45. The molecule has 3 N–H and O–H groups in total. The first-order valence-corrected chi connectivity index (χ1v) is 8.91. The van der Waals surface area contributed by atoms with Crippen LogP contribution in [0.15, 0.2) is 53.0 Å². The van der Waals surface area contributed by atoms with Gasteiger partial charge in [-0.2, -0.15) is 0 Å². The molecule has 126 valence electrons. The molecule has 2 aromatic rings. The quantitative estimate of drug-likeness (QED) is 0.846. The Morgan fingerprint density at radius 1 is 1.25 bits per heavy atom. The normalized spacial score (nSPS) is 21.0. The topological polar surface area (TPSA) is 58.4 Å². The van der Waals surface area contributed by atoms with Gasteiger partial charge in [0, 0.05) is 35.2 Å². The Morgan fingerprint density at radius 2 is 2.00 bits per heavy atom. The SMILES string of the molecule is Cc1cc(NC(=O)CN2C[C@@H](N)[C@H](c3ccccc3)C2)ccc1Br. The van der Waals surface area contributed by atoms with Gasteiger partial charge in [-0.15, -0.1) is 0 Å². The number of anilines is 1. The number of carbonyl (C=O) groups excluding carboxylic acids is 1. The Hall–Kier alpha value is -1.69. The van der Waals surface area contributed by atoms with Gasteiger partial charge in [0.05, 0.1) is 6.54 Å². The van der Waals surface area contributed by atoms with E-state index in [1.165, 1.54) is 5.56 Å². The van der Waals surface area contributed by atoms with Crippen LogP contribution in [0.1, 0.15) is 17.0 Å². The Bertz CT molecular complexity index is 720. The van der Waals surface area contributed by atoms with Crippen LogP contribution in [0.3, 0.4) is 0 Å². The van der Waals surface area contributed by atoms with Gasteiger partial charge < -0.3 is 11.1 Å². The van der Waals surface area contributed by atoms with Gasteiger partial charge in [-0.05, 0) is 36.2 Å². The summed E-state index contributed by atoms with van der Waals surface area (Å²) in [5, 5.41) is 2.96. The number of nitrogens with zero attached hydrogens (tertiary/aromatic N) is 1. The molecule has 1 aliphatic rings. The van der Waals surface area contributed by atoms with Crippen molar-refractivity contribution in [2.45, 2.75) is 18.9 Å². The predicted molar refractivity (Wildman–Crippen MR) is 101 cm³/mol. The second-order valence-electron chi connectivity index (χ2n) is 6.39. The van der Waals surface area contributed by atoms with Crippen molar-refractivity contribution in [2.24, 2.45) is 5.73 Å². The fraction of sp³-hybridized carbons (Fsp3) is 0.316. The largest absolute Gasteiger partial charge is 0.326 e. The number of nitrogens with one attached hydrogen (secondary N) is 1. The zero-order chi connectivity index (χ0) is 17.1. The van der Waals surface area contributed by atoms with Gasteiger partial charge in [0.15, 0.2) is 0 Å². The lowest BCUT2D eigenvalue weighted by Gasteiger charge is -2.16. The Labute approximate surface area is 151 Å². The minimum atomic E-state index is -0.00219. The van der Waals surface area contributed by atoms with Gasteiger partial charge in [0.2, 0.25) is 5.91 Å². The zero-order valence-electron chi connectivity index (χ0n) is 13.7. The molecule has 1 amide bonds. The van der Waals surface area contributed by atoms with Crippen LogP contribution in [0, 0.1) is 6.92 Å². The van der Waals surface area contributed by atoms with E-state index in [2.05, 4.69) is 38.3 Å². The maximum atomic E-state index is 12.3. The molecule has 1 aliphatic heterocycles. The van der Waals surface area contributed by atoms with Gasteiger partial charge in [-0.1, -0.05) is 46.3 Å². The number of nitrogens with two attached hydrogens (primary N) is 1. The highest BCUT2D eigenvalue weighted by molar-refractivity contribution is 9.10. The number of aryl methyl sites for hydroxylation is 1. The molecule has 0 bridgehead atoms. The number of benzene rings is 2. The molecule has 0 radical (unpaired) electrons. The van der Waals surface area contributed by atoms with Crippen molar-refractivity contribution in [1.29, 1.82) is 0 Å². The van der Waals surface area contributed by atoms with E-state index in [0.29, 0.717) is 6.54 Å². The molecule has 4 nitrogen and oxygen atoms in total. The van der Waals surface area contributed by atoms with E-state index < -0.39 is 0 Å². The summed E-state index contributed by atoms with van der Waals surface area (Å²) in [6.07, 6.45) is 0. The van der Waals surface area contributed by atoms with E-state index in [-0.39, 0.29) is 17.9 Å². The molecule has 1 fully saturated rings. The maximum Gasteiger partial charge on any atom is 0.238 e. The van der Waals surface area contributed by atoms with Crippen molar-refractivity contribution < 1.29 is 4.79 Å². The summed E-state index contributed by atoms with van der Waals surface area (Å²) in [5.74, 6) is 0.284. The number of likely N-dealkylation sites (tertiary alicyclic amines) is 1. The van der Waals surface area contributed by atoms with Crippen LogP contribution < -0.4 is 11.1 Å². The van der Waals surface area contributed by atoms with Gasteiger partial charge in [-0.3, -0.25) is 9.69 Å². The van der Waals surface area contributed by atoms with Crippen LogP contribution in [0.2, 0.25) is 0 Å². The van der Waals surface area contributed by atoms with Crippen molar-refractivity contribution in [2.75, 3.05) is 25.0 Å². The second kappa shape index (κ2) is 7.47. The average Bonchev–Trinajstić information content (AvgIpc) is 2.92. The summed E-state index contributed by atoms with van der Waals surface area (Å²) in [4.78, 5) is 14.4. The molecule has 5 heteroatoms. The maximum absolute atomic E-state index is 12.3. The first-order chi connectivity index (χ1) is 11.5. The number of carbonyl (C=O) groups is 1. The van der Waals surface area contributed by atoms with Crippen LogP contribution in [0.25, 0.3) is 0 Å². The van der Waals surface area contributed by atoms with Gasteiger partial charge in [0.25, 0.3) is 0 Å². The fourth-order valence-corrected chi connectivity index (χ4v) is 3.47. The molecule has 0 saturated carbocycles. The van der Waals surface area contributed by atoms with E-state index in [4.69, 9.17) is 5.73 Å². The predicted octanol–water partition coefficient (Wildman–Crippen LogP) is 3.12. The van der Waals surface area contributed by atoms with Crippen molar-refractivity contribution in [3.8, 4) is 0 Å². The molecule has 0 unspecified atom stereocenters. The highest BCUT2D eigenvalue weighted by Crippen LogP contribution is 2.26. The molecule has 0 aliphatic carbocycles. The van der Waals surface area contributed by atoms with Crippen LogP contribution >= 0.6 is 15.9 Å². The van der Waals surface area contributed by atoms with Crippen LogP contribution in [0.5, 0.6) is 0 Å². The van der Waals surface area contributed by atoms with Crippen LogP contribution in [-0.2, 0) is 4.79 Å². The van der Waals surface area contributed by atoms with E-state index in [1.807, 2.05) is 43.3 Å². The van der Waals surface area contributed by atoms with E-state index in [1.54, 1.807) is 0 Å². The summed E-state index contributed by atoms with van der Waals surface area (Å²) in [6, 6.07) is 16.2. The molecule has 1 heterocycles. The highest BCUT2D eigenvalue weighted by atomic mass is 79.9. The Morgan fingerprint density at radius 3 is 2.71 bits per heavy atom. The molecule has 0 spiro atoms. The third kappa shape index (κ3) is 4.04. The Kier molecular flexibility index (Phi) is 5.33. The number of amides is 1. The van der Waals surface area contributed by atoms with Gasteiger partial charge >= 0.3 is 0 Å². The standard InChI is InChI=1S/C19H22BrN3O/c1-13-9-15(7-8-17(13)20)22-19(24)12-23-10-16(18(21)11-23)14-5-3-2-4-6-14/h2-9,16,18H,10-12,21H2,1H3,(H,22,24)/t16-,18+/m0/s1. The third-order valence-corrected chi connectivity index (χ3v) is 5.37. The highest BCUT2D eigenvalue weighted by Gasteiger charge is 2.31. The molecule has 2 atom stereocenters. The van der Waals surface area contributed by atoms with Gasteiger partial charge in [-0.25, -0.2) is 0 Å². The molecule has 24 heavy (non-hydrogen) atoms. The van der Waals surface area contributed by atoms with Crippen LogP contribution in [-0.4, -0.2) is 36.5 Å². The van der Waals surface area contributed by atoms with Crippen molar-refractivity contribution in [3.05, 3.63) is 64.1 Å². The van der Waals surface area contributed by atoms with E-state index >= 15 is 0 Å². The Balaban J connectivity index is 1.58. The number of halogens is 1. The lowest BCUT2D eigenvalue weighted by molar-refractivity contribution is -0.117. The average molecular weight is 388 g/mol. The molecule has 1 saturated heterocycles. The number of hydrogen-bond donors (Lipinski definition) is 2. The smallest absolute Gasteiger partial charge is 0.238 e. The molecule has 3 rings (SSSR count). The minimum Gasteiger partial charge on any atom is -0.326 e. The monoisotopic (exact) mass is 387 g/mol. The van der Waals surface area contributed by atoms with Crippen molar-refractivity contribution in [3.63, 3.8) is 0 Å². The van der Waals surface area contributed by atoms with E-state index in [9.17, 15) is 4.79 Å². The zero-order valence-corrected chi connectivity index (χ0v) is 15.3. The minimum absolute atomic E-state index is 0.00219. The molecule has 2 aromatic carbocycles. The lowest BCUT2D eigenvalue weighted by Crippen LogP contribution is -2.33. The van der Waals surface area contributed by atoms with Crippen molar-refractivity contribution in [1.82, 2.24) is 4.90 Å². The van der Waals surface area contributed by atoms with E-state index in [0.717, 1.165) is 28.8 Å². The third-order valence-electron chi connectivity index (χ3n) is 4.48. The molecular formula is C19H22BrN3O.